The first-order valence-electron chi connectivity index (χ1n) is 7.65. The van der Waals surface area contributed by atoms with Crippen LogP contribution in [0.25, 0.3) is 10.9 Å². The topological polar surface area (TPSA) is 81.3 Å². The molecule has 1 heterocycles. The SMILES string of the molecule is O=C(Cn1c(=O)n(CCO)c(=O)c2ccccc21)c1ccc(Br)cc1. The molecule has 6 nitrogen and oxygen atoms in total. The van der Waals surface area contributed by atoms with Gasteiger partial charge >= 0.3 is 5.69 Å². The summed E-state index contributed by atoms with van der Waals surface area (Å²) in [6.07, 6.45) is 0. The zero-order valence-corrected chi connectivity index (χ0v) is 14.8. The molecule has 7 heteroatoms. The van der Waals surface area contributed by atoms with Crippen LogP contribution in [-0.4, -0.2) is 26.6 Å². The number of fused-ring (bicyclic) bond motifs is 1. The molecule has 128 valence electrons. The molecule has 3 rings (SSSR count). The predicted octanol–water partition coefficient (Wildman–Crippen LogP) is 1.80. The van der Waals surface area contributed by atoms with E-state index in [9.17, 15) is 14.4 Å². The second kappa shape index (κ2) is 7.16. The van der Waals surface area contributed by atoms with Crippen LogP contribution in [-0.2, 0) is 13.1 Å². The Kier molecular flexibility index (Phi) is 4.96. The summed E-state index contributed by atoms with van der Waals surface area (Å²) < 4.78 is 3.08. The number of benzene rings is 2. The standard InChI is InChI=1S/C18H15BrN2O4/c19-13-7-5-12(6-8-13)16(23)11-21-15-4-2-1-3-14(15)17(24)20(9-10-22)18(21)25/h1-8,22H,9-11H2. The summed E-state index contributed by atoms with van der Waals surface area (Å²) >= 11 is 3.31. The van der Waals surface area contributed by atoms with Crippen molar-refractivity contribution in [1.29, 1.82) is 0 Å². The second-order valence-electron chi connectivity index (χ2n) is 5.50. The molecule has 25 heavy (non-hydrogen) atoms. The molecule has 2 aromatic carbocycles. The Balaban J connectivity index is 2.15. The smallest absolute Gasteiger partial charge is 0.331 e. The van der Waals surface area contributed by atoms with Gasteiger partial charge in [-0.2, -0.15) is 0 Å². The maximum absolute atomic E-state index is 12.7. The summed E-state index contributed by atoms with van der Waals surface area (Å²) in [5.41, 5.74) is -0.207. The third kappa shape index (κ3) is 3.33. The lowest BCUT2D eigenvalue weighted by Gasteiger charge is -2.13. The minimum atomic E-state index is -0.608. The number of aliphatic hydroxyl groups is 1. The highest BCUT2D eigenvalue weighted by molar-refractivity contribution is 9.10. The van der Waals surface area contributed by atoms with Gasteiger partial charge in [0.15, 0.2) is 5.78 Å². The van der Waals surface area contributed by atoms with Gasteiger partial charge in [-0.1, -0.05) is 40.2 Å². The van der Waals surface area contributed by atoms with Crippen LogP contribution >= 0.6 is 15.9 Å². The highest BCUT2D eigenvalue weighted by Gasteiger charge is 2.15. The van der Waals surface area contributed by atoms with E-state index in [1.54, 1.807) is 48.5 Å². The summed E-state index contributed by atoms with van der Waals surface area (Å²) in [6, 6.07) is 13.5. The number of carbonyl (C=O) groups is 1. The third-order valence-electron chi connectivity index (χ3n) is 3.92. The van der Waals surface area contributed by atoms with Gasteiger partial charge in [0.05, 0.1) is 30.6 Å². The van der Waals surface area contributed by atoms with Crippen LogP contribution in [0.2, 0.25) is 0 Å². The molecule has 0 aliphatic rings. The molecule has 1 aromatic heterocycles. The van der Waals surface area contributed by atoms with Crippen molar-refractivity contribution in [3.63, 3.8) is 0 Å². The minimum absolute atomic E-state index is 0.116. The van der Waals surface area contributed by atoms with E-state index >= 15 is 0 Å². The number of carbonyl (C=O) groups excluding carboxylic acids is 1. The quantitative estimate of drug-likeness (QED) is 0.659. The van der Waals surface area contributed by atoms with Gasteiger partial charge in [-0.3, -0.25) is 18.7 Å². The van der Waals surface area contributed by atoms with Gasteiger partial charge in [0.1, 0.15) is 0 Å². The largest absolute Gasteiger partial charge is 0.395 e. The Hall–Kier alpha value is -2.51. The predicted molar refractivity (Wildman–Crippen MR) is 98.0 cm³/mol. The number of aromatic nitrogens is 2. The highest BCUT2D eigenvalue weighted by atomic mass is 79.9. The zero-order valence-electron chi connectivity index (χ0n) is 13.2. The molecule has 0 saturated carbocycles. The molecule has 0 bridgehead atoms. The first-order valence-corrected chi connectivity index (χ1v) is 8.44. The lowest BCUT2D eigenvalue weighted by atomic mass is 10.1. The van der Waals surface area contributed by atoms with Crippen molar-refractivity contribution < 1.29 is 9.90 Å². The highest BCUT2D eigenvalue weighted by Crippen LogP contribution is 2.13. The Morgan fingerprint density at radius 2 is 1.68 bits per heavy atom. The monoisotopic (exact) mass is 402 g/mol. The molecule has 0 spiro atoms. The van der Waals surface area contributed by atoms with Crippen LogP contribution in [0.1, 0.15) is 10.4 Å². The molecule has 0 aliphatic carbocycles. The Labute approximate surface area is 151 Å². The maximum Gasteiger partial charge on any atom is 0.331 e. The van der Waals surface area contributed by atoms with E-state index in [2.05, 4.69) is 15.9 Å². The van der Waals surface area contributed by atoms with Crippen molar-refractivity contribution >= 4 is 32.6 Å². The lowest BCUT2D eigenvalue weighted by Crippen LogP contribution is -2.41. The lowest BCUT2D eigenvalue weighted by molar-refractivity contribution is 0.0971. The van der Waals surface area contributed by atoms with Gasteiger partial charge in [0.25, 0.3) is 5.56 Å². The number of hydrogen-bond donors (Lipinski definition) is 1. The van der Waals surface area contributed by atoms with Gasteiger partial charge < -0.3 is 5.11 Å². The molecule has 0 radical (unpaired) electrons. The van der Waals surface area contributed by atoms with Crippen molar-refractivity contribution in [1.82, 2.24) is 9.13 Å². The Morgan fingerprint density at radius 1 is 1.00 bits per heavy atom. The van der Waals surface area contributed by atoms with Crippen LogP contribution in [0.15, 0.2) is 62.6 Å². The zero-order chi connectivity index (χ0) is 18.0. The number of nitrogens with zero attached hydrogens (tertiary/aromatic N) is 2. The fourth-order valence-corrected chi connectivity index (χ4v) is 2.96. The second-order valence-corrected chi connectivity index (χ2v) is 6.41. The van der Waals surface area contributed by atoms with Crippen molar-refractivity contribution in [2.45, 2.75) is 13.1 Å². The first-order chi connectivity index (χ1) is 12.0. The number of aliphatic hydroxyl groups excluding tert-OH is 1. The van der Waals surface area contributed by atoms with E-state index in [1.807, 2.05) is 0 Å². The molecule has 0 atom stereocenters. The Bertz CT molecular complexity index is 1050. The van der Waals surface area contributed by atoms with Gasteiger partial charge in [-0.25, -0.2) is 4.79 Å². The van der Waals surface area contributed by atoms with Gasteiger partial charge in [-0.15, -0.1) is 0 Å². The van der Waals surface area contributed by atoms with E-state index in [4.69, 9.17) is 5.11 Å². The molecule has 1 N–H and O–H groups in total. The molecular formula is C18H15BrN2O4. The summed E-state index contributed by atoms with van der Waals surface area (Å²) in [7, 11) is 0. The third-order valence-corrected chi connectivity index (χ3v) is 4.45. The van der Waals surface area contributed by atoms with E-state index in [0.29, 0.717) is 16.5 Å². The number of ketones is 1. The number of halogens is 1. The molecule has 0 aliphatic heterocycles. The van der Waals surface area contributed by atoms with Crippen LogP contribution in [0.5, 0.6) is 0 Å². The van der Waals surface area contributed by atoms with Crippen LogP contribution in [0.3, 0.4) is 0 Å². The van der Waals surface area contributed by atoms with Crippen LogP contribution in [0.4, 0.5) is 0 Å². The molecule has 0 fully saturated rings. The van der Waals surface area contributed by atoms with E-state index < -0.39 is 11.2 Å². The average molecular weight is 403 g/mol. The fraction of sp³-hybridized carbons (Fsp3) is 0.167. The molecular weight excluding hydrogens is 388 g/mol. The summed E-state index contributed by atoms with van der Waals surface area (Å²) in [5.74, 6) is -0.242. The van der Waals surface area contributed by atoms with Crippen molar-refractivity contribution in [3.8, 4) is 0 Å². The van der Waals surface area contributed by atoms with Crippen LogP contribution < -0.4 is 11.2 Å². The summed E-state index contributed by atoms with van der Waals surface area (Å²) in [4.78, 5) is 37.7. The molecule has 0 amide bonds. The molecule has 0 saturated heterocycles. The number of para-hydroxylation sites is 1. The Morgan fingerprint density at radius 3 is 2.36 bits per heavy atom. The average Bonchev–Trinajstić information content (AvgIpc) is 2.62. The van der Waals surface area contributed by atoms with Crippen molar-refractivity contribution in [3.05, 3.63) is 79.4 Å². The van der Waals surface area contributed by atoms with Gasteiger partial charge in [-0.05, 0) is 24.3 Å². The van der Waals surface area contributed by atoms with Gasteiger partial charge in [0.2, 0.25) is 0 Å². The first kappa shape index (κ1) is 17.3. The maximum atomic E-state index is 12.7. The number of rotatable bonds is 5. The number of hydrogen-bond acceptors (Lipinski definition) is 4. The normalized spacial score (nSPS) is 11.0. The van der Waals surface area contributed by atoms with E-state index in [0.717, 1.165) is 9.04 Å². The van der Waals surface area contributed by atoms with E-state index in [1.165, 1.54) is 4.57 Å². The summed E-state index contributed by atoms with van der Waals surface area (Å²) in [5, 5.41) is 9.47. The summed E-state index contributed by atoms with van der Waals surface area (Å²) in [6.45, 7) is -0.643. The minimum Gasteiger partial charge on any atom is -0.395 e. The fourth-order valence-electron chi connectivity index (χ4n) is 2.69. The van der Waals surface area contributed by atoms with Crippen molar-refractivity contribution in [2.24, 2.45) is 0 Å². The number of Topliss-reactive ketones (excluding diaryl/α,β-unsaturated/α-hetero) is 1. The van der Waals surface area contributed by atoms with Crippen LogP contribution in [0, 0.1) is 0 Å². The molecule has 3 aromatic rings. The van der Waals surface area contributed by atoms with Crippen molar-refractivity contribution in [2.75, 3.05) is 6.61 Å². The van der Waals surface area contributed by atoms with E-state index in [-0.39, 0.29) is 25.5 Å². The molecule has 0 unspecified atom stereocenters. The van der Waals surface area contributed by atoms with Gasteiger partial charge in [0, 0.05) is 10.0 Å².